The van der Waals surface area contributed by atoms with Gasteiger partial charge in [0.25, 0.3) is 5.91 Å². The maximum atomic E-state index is 14.2. The van der Waals surface area contributed by atoms with E-state index in [-0.39, 0.29) is 22.8 Å². The topological polar surface area (TPSA) is 113 Å². The van der Waals surface area contributed by atoms with Gasteiger partial charge in [0.1, 0.15) is 11.6 Å². The number of amides is 1. The Morgan fingerprint density at radius 1 is 1.23 bits per heavy atom. The minimum atomic E-state index is -3.50. The number of hydrogen-bond acceptors (Lipinski definition) is 5. The van der Waals surface area contributed by atoms with Crippen molar-refractivity contribution in [1.82, 2.24) is 9.97 Å². The number of aromatic amines is 1. The van der Waals surface area contributed by atoms with Crippen molar-refractivity contribution in [2.45, 2.75) is 13.3 Å². The maximum Gasteiger partial charge on any atom is 0.257 e. The van der Waals surface area contributed by atoms with Gasteiger partial charge in [-0.15, -0.1) is 0 Å². The number of pyridine rings is 1. The van der Waals surface area contributed by atoms with Gasteiger partial charge in [0.05, 0.1) is 36.0 Å². The van der Waals surface area contributed by atoms with Gasteiger partial charge in [-0.05, 0) is 31.2 Å². The van der Waals surface area contributed by atoms with Crippen LogP contribution in [0.1, 0.15) is 28.7 Å². The van der Waals surface area contributed by atoms with Crippen molar-refractivity contribution in [1.29, 1.82) is 0 Å². The third-order valence-electron chi connectivity index (χ3n) is 4.03. The quantitative estimate of drug-likeness (QED) is 0.467. The van der Waals surface area contributed by atoms with Gasteiger partial charge in [-0.2, -0.15) is 0 Å². The van der Waals surface area contributed by atoms with E-state index in [2.05, 4.69) is 20.0 Å². The number of benzene rings is 1. The number of nitrogens with one attached hydrogen (secondary N) is 3. The first-order valence-corrected chi connectivity index (χ1v) is 11.4. The number of H-pyrrole nitrogens is 1. The molecule has 3 N–H and O–H groups in total. The van der Waals surface area contributed by atoms with Gasteiger partial charge in [-0.1, -0.05) is 11.6 Å². The summed E-state index contributed by atoms with van der Waals surface area (Å²) in [6.07, 6.45) is 4.09. The highest BCUT2D eigenvalue weighted by atomic mass is 35.5. The van der Waals surface area contributed by atoms with Crippen molar-refractivity contribution < 1.29 is 22.3 Å². The summed E-state index contributed by atoms with van der Waals surface area (Å²) in [5.41, 5.74) is 1.64. The van der Waals surface area contributed by atoms with Gasteiger partial charge >= 0.3 is 0 Å². The van der Waals surface area contributed by atoms with Gasteiger partial charge in [-0.25, -0.2) is 12.8 Å². The molecule has 0 spiro atoms. The molecule has 0 atom stereocenters. The molecule has 2 heterocycles. The molecule has 8 nitrogen and oxygen atoms in total. The lowest BCUT2D eigenvalue weighted by molar-refractivity contribution is 0.102. The van der Waals surface area contributed by atoms with Crippen LogP contribution in [0.4, 0.5) is 15.8 Å². The average Bonchev–Trinajstić information content (AvgIpc) is 3.11. The van der Waals surface area contributed by atoms with Crippen LogP contribution in [0.5, 0.6) is 5.75 Å². The van der Waals surface area contributed by atoms with Crippen LogP contribution < -0.4 is 14.8 Å². The van der Waals surface area contributed by atoms with Crippen LogP contribution in [0.2, 0.25) is 5.02 Å². The fraction of sp³-hybridized carbons (Fsp3) is 0.200. The minimum absolute atomic E-state index is 0.158. The van der Waals surface area contributed by atoms with Gasteiger partial charge in [0.15, 0.2) is 0 Å². The van der Waals surface area contributed by atoms with Crippen molar-refractivity contribution in [3.05, 3.63) is 70.5 Å². The van der Waals surface area contributed by atoms with Crippen molar-refractivity contribution in [3.63, 3.8) is 0 Å². The standard InChI is InChI=1S/C20H20ClFN4O4S/c1-3-30-17-9-18(22)19(24-11-17)8-14-4-12(10-23-14)20(27)25-15-5-13(21)6-16(7-15)26-31(2,28)29/h4-7,9-11,23,26H,3,8H2,1-2H3,(H,25,27). The van der Waals surface area contributed by atoms with E-state index in [1.807, 2.05) is 0 Å². The lowest BCUT2D eigenvalue weighted by Gasteiger charge is -2.09. The zero-order chi connectivity index (χ0) is 22.6. The lowest BCUT2D eigenvalue weighted by Crippen LogP contribution is -2.13. The highest BCUT2D eigenvalue weighted by molar-refractivity contribution is 7.92. The summed E-state index contributed by atoms with van der Waals surface area (Å²) in [6.45, 7) is 2.21. The van der Waals surface area contributed by atoms with Crippen LogP contribution >= 0.6 is 11.6 Å². The first-order valence-electron chi connectivity index (χ1n) is 9.17. The molecule has 1 amide bonds. The van der Waals surface area contributed by atoms with Crippen LogP contribution in [0.3, 0.4) is 0 Å². The highest BCUT2D eigenvalue weighted by Crippen LogP contribution is 2.24. The number of halogens is 2. The van der Waals surface area contributed by atoms with E-state index in [0.29, 0.717) is 29.3 Å². The van der Waals surface area contributed by atoms with Crippen LogP contribution in [-0.4, -0.2) is 37.2 Å². The summed E-state index contributed by atoms with van der Waals surface area (Å²) in [5.74, 6) is -0.604. The molecule has 0 aliphatic rings. The SMILES string of the molecule is CCOc1cnc(Cc2cc(C(=O)Nc3cc(Cl)cc(NS(C)(=O)=O)c3)c[nH]2)c(F)c1. The van der Waals surface area contributed by atoms with Crippen molar-refractivity contribution in [2.24, 2.45) is 0 Å². The summed E-state index contributed by atoms with van der Waals surface area (Å²) in [7, 11) is -3.50. The molecule has 0 radical (unpaired) electrons. The van der Waals surface area contributed by atoms with Gasteiger partial charge in [-0.3, -0.25) is 14.5 Å². The molecule has 164 valence electrons. The maximum absolute atomic E-state index is 14.2. The van der Waals surface area contributed by atoms with E-state index >= 15 is 0 Å². The van der Waals surface area contributed by atoms with E-state index in [9.17, 15) is 17.6 Å². The predicted molar refractivity (Wildman–Crippen MR) is 117 cm³/mol. The Labute approximate surface area is 183 Å². The Bertz CT molecular complexity index is 1210. The molecule has 1 aromatic carbocycles. The largest absolute Gasteiger partial charge is 0.492 e. The molecule has 3 rings (SSSR count). The number of rotatable bonds is 8. The fourth-order valence-electron chi connectivity index (χ4n) is 2.82. The van der Waals surface area contributed by atoms with Crippen LogP contribution in [-0.2, 0) is 16.4 Å². The second kappa shape index (κ2) is 9.36. The summed E-state index contributed by atoms with van der Waals surface area (Å²) in [6, 6.07) is 7.19. The monoisotopic (exact) mass is 466 g/mol. The molecule has 0 saturated carbocycles. The first-order chi connectivity index (χ1) is 14.6. The minimum Gasteiger partial charge on any atom is -0.492 e. The number of hydrogen-bond donors (Lipinski definition) is 3. The number of aromatic nitrogens is 2. The highest BCUT2D eigenvalue weighted by Gasteiger charge is 2.13. The Kier molecular flexibility index (Phi) is 6.81. The number of carbonyl (C=O) groups is 1. The van der Waals surface area contributed by atoms with Gasteiger partial charge in [0.2, 0.25) is 10.0 Å². The number of carbonyl (C=O) groups excluding carboxylic acids is 1. The molecule has 0 aliphatic carbocycles. The Hall–Kier alpha value is -3.11. The Morgan fingerprint density at radius 3 is 2.65 bits per heavy atom. The summed E-state index contributed by atoms with van der Waals surface area (Å²) < 4.78 is 44.5. The average molecular weight is 467 g/mol. The van der Waals surface area contributed by atoms with Crippen molar-refractivity contribution in [2.75, 3.05) is 22.9 Å². The number of sulfonamides is 1. The van der Waals surface area contributed by atoms with E-state index in [1.54, 1.807) is 13.0 Å². The van der Waals surface area contributed by atoms with E-state index in [4.69, 9.17) is 16.3 Å². The number of anilines is 2. The zero-order valence-corrected chi connectivity index (χ0v) is 18.3. The second-order valence-electron chi connectivity index (χ2n) is 6.68. The molecule has 0 aliphatic heterocycles. The predicted octanol–water partition coefficient (Wildman–Crippen LogP) is 3.82. The zero-order valence-electron chi connectivity index (χ0n) is 16.7. The number of ether oxygens (including phenoxy) is 1. The fourth-order valence-corrected chi connectivity index (χ4v) is 3.60. The number of nitrogens with zero attached hydrogens (tertiary/aromatic N) is 1. The van der Waals surface area contributed by atoms with E-state index < -0.39 is 21.7 Å². The molecular weight excluding hydrogens is 447 g/mol. The molecule has 11 heteroatoms. The lowest BCUT2D eigenvalue weighted by atomic mass is 10.2. The normalized spacial score (nSPS) is 11.2. The van der Waals surface area contributed by atoms with Gasteiger partial charge < -0.3 is 15.0 Å². The molecule has 3 aromatic rings. The molecule has 0 saturated heterocycles. The first kappa shape index (κ1) is 22.6. The third kappa shape index (κ3) is 6.43. The molecule has 31 heavy (non-hydrogen) atoms. The molecule has 0 unspecified atom stereocenters. The van der Waals surface area contributed by atoms with Crippen LogP contribution in [0.25, 0.3) is 0 Å². The van der Waals surface area contributed by atoms with Crippen molar-refractivity contribution in [3.8, 4) is 5.75 Å². The summed E-state index contributed by atoms with van der Waals surface area (Å²) in [4.78, 5) is 19.5. The van der Waals surface area contributed by atoms with Crippen molar-refractivity contribution >= 4 is 38.9 Å². The third-order valence-corrected chi connectivity index (χ3v) is 4.85. The molecular formula is C20H20ClFN4O4S. The van der Waals surface area contributed by atoms with Crippen LogP contribution in [0, 0.1) is 5.82 Å². The molecule has 0 bridgehead atoms. The molecule has 2 aromatic heterocycles. The van der Waals surface area contributed by atoms with Gasteiger partial charge in [0, 0.05) is 35.1 Å². The van der Waals surface area contributed by atoms with Crippen LogP contribution in [0.15, 0.2) is 42.7 Å². The summed E-state index contributed by atoms with van der Waals surface area (Å²) >= 11 is 6.00. The Morgan fingerprint density at radius 2 is 1.97 bits per heavy atom. The van der Waals surface area contributed by atoms with E-state index in [1.165, 1.54) is 36.7 Å². The molecule has 0 fully saturated rings. The smallest absolute Gasteiger partial charge is 0.257 e. The van der Waals surface area contributed by atoms with E-state index in [0.717, 1.165) is 6.26 Å². The summed E-state index contributed by atoms with van der Waals surface area (Å²) in [5, 5.41) is 2.90. The Balaban J connectivity index is 1.71. The second-order valence-corrected chi connectivity index (χ2v) is 8.86.